The second-order valence-corrected chi connectivity index (χ2v) is 7.22. The highest BCUT2D eigenvalue weighted by atomic mass is 32.2. The molecular formula is C14H16N4O4S. The normalized spacial score (nSPS) is 17.2. The van der Waals surface area contributed by atoms with Gasteiger partial charge in [0.05, 0.1) is 4.90 Å². The summed E-state index contributed by atoms with van der Waals surface area (Å²) >= 11 is 0. The van der Waals surface area contributed by atoms with Crippen molar-refractivity contribution in [3.05, 3.63) is 29.5 Å². The molecule has 8 nitrogen and oxygen atoms in total. The van der Waals surface area contributed by atoms with E-state index in [0.717, 1.165) is 11.3 Å². The molecule has 2 aromatic rings. The number of rotatable bonds is 3. The van der Waals surface area contributed by atoms with Crippen LogP contribution in [0.5, 0.6) is 0 Å². The molecule has 0 spiro atoms. The molecule has 2 heterocycles. The van der Waals surface area contributed by atoms with E-state index in [1.807, 2.05) is 6.92 Å². The Balaban J connectivity index is 1.95. The molecule has 0 aliphatic carbocycles. The standard InChI is InChI=1S/C14H16N4O4S/c1-8-6-11-7-12(4-5-13(11)18(8)10(3)19)23(20,21)17-14-9(2)15-22-16-14/h4-5,7-8H,6H2,1-3H3,(H,16,17)/t8-/m0/s1. The van der Waals surface area contributed by atoms with Gasteiger partial charge in [0.1, 0.15) is 5.69 Å². The van der Waals surface area contributed by atoms with Crippen molar-refractivity contribution in [2.24, 2.45) is 0 Å². The van der Waals surface area contributed by atoms with Crippen LogP contribution in [0.4, 0.5) is 11.5 Å². The fourth-order valence-corrected chi connectivity index (χ4v) is 3.87. The number of hydrogen-bond donors (Lipinski definition) is 1. The molecule has 0 unspecified atom stereocenters. The maximum atomic E-state index is 12.4. The van der Waals surface area contributed by atoms with Crippen molar-refractivity contribution in [1.82, 2.24) is 10.3 Å². The molecule has 1 amide bonds. The van der Waals surface area contributed by atoms with Crippen LogP contribution >= 0.6 is 0 Å². The molecule has 0 saturated heterocycles. The van der Waals surface area contributed by atoms with E-state index in [1.54, 1.807) is 24.0 Å². The average molecular weight is 336 g/mol. The highest BCUT2D eigenvalue weighted by Gasteiger charge is 2.30. The Morgan fingerprint density at radius 2 is 2.13 bits per heavy atom. The molecule has 0 bridgehead atoms. The molecular weight excluding hydrogens is 320 g/mol. The van der Waals surface area contributed by atoms with E-state index in [-0.39, 0.29) is 22.7 Å². The van der Waals surface area contributed by atoms with E-state index in [4.69, 9.17) is 0 Å². The molecule has 1 aliphatic rings. The summed E-state index contributed by atoms with van der Waals surface area (Å²) in [4.78, 5) is 13.5. The van der Waals surface area contributed by atoms with Gasteiger partial charge in [-0.05, 0) is 49.2 Å². The second-order valence-electron chi connectivity index (χ2n) is 5.54. The van der Waals surface area contributed by atoms with Crippen molar-refractivity contribution in [2.75, 3.05) is 9.62 Å². The number of fused-ring (bicyclic) bond motifs is 1. The SMILES string of the molecule is CC(=O)N1c2ccc(S(=O)(=O)Nc3nonc3C)cc2C[C@@H]1C. The minimum absolute atomic E-state index is 0.00963. The first-order valence-corrected chi connectivity index (χ1v) is 8.52. The van der Waals surface area contributed by atoms with Crippen LogP contribution in [0.3, 0.4) is 0 Å². The fourth-order valence-electron chi connectivity index (χ4n) is 2.76. The largest absolute Gasteiger partial charge is 0.309 e. The zero-order valence-corrected chi connectivity index (χ0v) is 13.7. The molecule has 1 aromatic carbocycles. The van der Waals surface area contributed by atoms with Crippen molar-refractivity contribution >= 4 is 27.4 Å². The average Bonchev–Trinajstić information content (AvgIpc) is 3.00. The minimum atomic E-state index is -3.80. The number of nitrogens with zero attached hydrogens (tertiary/aromatic N) is 3. The molecule has 0 radical (unpaired) electrons. The quantitative estimate of drug-likeness (QED) is 0.910. The van der Waals surface area contributed by atoms with Crippen LogP contribution in [-0.2, 0) is 21.2 Å². The summed E-state index contributed by atoms with van der Waals surface area (Å²) < 4.78 is 31.7. The monoisotopic (exact) mass is 336 g/mol. The molecule has 1 N–H and O–H groups in total. The van der Waals surface area contributed by atoms with Gasteiger partial charge in [-0.2, -0.15) is 0 Å². The van der Waals surface area contributed by atoms with Crippen LogP contribution in [0, 0.1) is 6.92 Å². The number of aryl methyl sites for hydroxylation is 1. The van der Waals surface area contributed by atoms with Crippen LogP contribution in [0.25, 0.3) is 0 Å². The molecule has 3 rings (SSSR count). The molecule has 0 fully saturated rings. The number of carbonyl (C=O) groups excluding carboxylic acids is 1. The number of anilines is 2. The lowest BCUT2D eigenvalue weighted by Crippen LogP contribution is -2.33. The zero-order chi connectivity index (χ0) is 16.8. The molecule has 9 heteroatoms. The molecule has 23 heavy (non-hydrogen) atoms. The highest BCUT2D eigenvalue weighted by molar-refractivity contribution is 7.92. The topological polar surface area (TPSA) is 105 Å². The van der Waals surface area contributed by atoms with Gasteiger partial charge < -0.3 is 4.90 Å². The maximum absolute atomic E-state index is 12.4. The highest BCUT2D eigenvalue weighted by Crippen LogP contribution is 2.34. The number of hydrogen-bond acceptors (Lipinski definition) is 6. The van der Waals surface area contributed by atoms with Crippen molar-refractivity contribution in [3.63, 3.8) is 0 Å². The van der Waals surface area contributed by atoms with Crippen molar-refractivity contribution in [2.45, 2.75) is 38.1 Å². The Morgan fingerprint density at radius 3 is 2.74 bits per heavy atom. The van der Waals surface area contributed by atoms with Gasteiger partial charge in [0, 0.05) is 18.7 Å². The number of benzene rings is 1. The van der Waals surface area contributed by atoms with Gasteiger partial charge in [0.15, 0.2) is 0 Å². The Bertz CT molecular complexity index is 875. The van der Waals surface area contributed by atoms with Crippen molar-refractivity contribution in [3.8, 4) is 0 Å². The first kappa shape index (κ1) is 15.5. The maximum Gasteiger partial charge on any atom is 0.263 e. The first-order valence-electron chi connectivity index (χ1n) is 7.04. The van der Waals surface area contributed by atoms with E-state index >= 15 is 0 Å². The van der Waals surface area contributed by atoms with E-state index in [9.17, 15) is 13.2 Å². The van der Waals surface area contributed by atoms with Gasteiger partial charge in [-0.15, -0.1) is 0 Å². The number of sulfonamides is 1. The Morgan fingerprint density at radius 1 is 1.39 bits per heavy atom. The summed E-state index contributed by atoms with van der Waals surface area (Å²) in [5.41, 5.74) is 1.93. The van der Waals surface area contributed by atoms with Crippen LogP contribution < -0.4 is 9.62 Å². The summed E-state index contributed by atoms with van der Waals surface area (Å²) in [6, 6.07) is 4.72. The van der Waals surface area contributed by atoms with Gasteiger partial charge in [-0.1, -0.05) is 5.16 Å². The van der Waals surface area contributed by atoms with Crippen molar-refractivity contribution < 1.29 is 17.8 Å². The summed E-state index contributed by atoms with van der Waals surface area (Å²) in [5, 5.41) is 7.05. The number of amides is 1. The van der Waals surface area contributed by atoms with Gasteiger partial charge in [-0.25, -0.2) is 13.0 Å². The lowest BCUT2D eigenvalue weighted by Gasteiger charge is -2.20. The van der Waals surface area contributed by atoms with Crippen molar-refractivity contribution in [1.29, 1.82) is 0 Å². The third-order valence-electron chi connectivity index (χ3n) is 3.80. The predicted molar refractivity (Wildman–Crippen MR) is 82.6 cm³/mol. The third-order valence-corrected chi connectivity index (χ3v) is 5.14. The van der Waals surface area contributed by atoms with E-state index < -0.39 is 10.0 Å². The zero-order valence-electron chi connectivity index (χ0n) is 12.9. The van der Waals surface area contributed by atoms with Gasteiger partial charge in [-0.3, -0.25) is 9.52 Å². The number of nitrogens with one attached hydrogen (secondary N) is 1. The molecule has 1 atom stereocenters. The Kier molecular flexibility index (Phi) is 3.59. The third kappa shape index (κ3) is 2.67. The molecule has 0 saturated carbocycles. The van der Waals surface area contributed by atoms with Gasteiger partial charge in [0.2, 0.25) is 11.7 Å². The first-order chi connectivity index (χ1) is 10.8. The Hall–Kier alpha value is -2.42. The summed E-state index contributed by atoms with van der Waals surface area (Å²) in [6.07, 6.45) is 0.614. The minimum Gasteiger partial charge on any atom is -0.309 e. The molecule has 1 aliphatic heterocycles. The summed E-state index contributed by atoms with van der Waals surface area (Å²) in [6.45, 7) is 5.01. The summed E-state index contributed by atoms with van der Waals surface area (Å²) in [7, 11) is -3.80. The second kappa shape index (κ2) is 5.34. The molecule has 122 valence electrons. The van der Waals surface area contributed by atoms with E-state index in [1.165, 1.54) is 13.0 Å². The Labute approximate surface area is 133 Å². The van der Waals surface area contributed by atoms with Gasteiger partial charge >= 0.3 is 0 Å². The molecule has 1 aromatic heterocycles. The van der Waals surface area contributed by atoms with Crippen LogP contribution in [0.2, 0.25) is 0 Å². The fraction of sp³-hybridized carbons (Fsp3) is 0.357. The van der Waals surface area contributed by atoms with Crippen LogP contribution in [-0.4, -0.2) is 30.7 Å². The van der Waals surface area contributed by atoms with Crippen LogP contribution in [0.1, 0.15) is 25.1 Å². The number of carbonyl (C=O) groups is 1. The predicted octanol–water partition coefficient (Wildman–Crippen LogP) is 1.48. The van der Waals surface area contributed by atoms with E-state index in [0.29, 0.717) is 12.1 Å². The summed E-state index contributed by atoms with van der Waals surface area (Å²) in [5.74, 6) is -0.00138. The lowest BCUT2D eigenvalue weighted by molar-refractivity contribution is -0.116. The van der Waals surface area contributed by atoms with E-state index in [2.05, 4.69) is 19.7 Å². The number of aromatic nitrogens is 2. The lowest BCUT2D eigenvalue weighted by atomic mass is 10.1. The van der Waals surface area contributed by atoms with Gasteiger partial charge in [0.25, 0.3) is 10.0 Å². The smallest absolute Gasteiger partial charge is 0.263 e. The van der Waals surface area contributed by atoms with Crippen LogP contribution in [0.15, 0.2) is 27.7 Å².